The van der Waals surface area contributed by atoms with Gasteiger partial charge < -0.3 is 39.4 Å². The lowest BCUT2D eigenvalue weighted by atomic mass is 9.99. The molecule has 0 saturated carbocycles. The Bertz CT molecular complexity index is 926. The molecule has 1 aliphatic heterocycles. The Hall–Kier alpha value is -1.33. The Kier molecular flexibility index (Phi) is 37.8. The van der Waals surface area contributed by atoms with Gasteiger partial charge in [-0.25, -0.2) is 0 Å². The van der Waals surface area contributed by atoms with E-state index in [1.165, 1.54) is 148 Å². The van der Waals surface area contributed by atoms with Gasteiger partial charge in [-0.15, -0.1) is 0 Å². The number of carbonyl (C=O) groups is 1. The normalized spacial score (nSPS) is 20.6. The van der Waals surface area contributed by atoms with Crippen molar-refractivity contribution in [3.63, 3.8) is 0 Å². The van der Waals surface area contributed by atoms with Crippen molar-refractivity contribution in [2.75, 3.05) is 26.4 Å². The Morgan fingerprint density at radius 1 is 0.561 bits per heavy atom. The van der Waals surface area contributed by atoms with Crippen LogP contribution in [0.5, 0.6) is 0 Å². The minimum Gasteiger partial charge on any atom is -0.457 e. The second-order valence-corrected chi connectivity index (χ2v) is 16.6. The van der Waals surface area contributed by atoms with Gasteiger partial charge in [-0.2, -0.15) is 0 Å². The molecule has 4 N–H and O–H groups in total. The van der Waals surface area contributed by atoms with E-state index in [4.69, 9.17) is 18.9 Å². The number of hydrogen-bond donors (Lipinski definition) is 4. The average Bonchev–Trinajstić information content (AvgIpc) is 3.21. The molecule has 1 rings (SSSR count). The van der Waals surface area contributed by atoms with E-state index < -0.39 is 43.4 Å². The second-order valence-electron chi connectivity index (χ2n) is 16.6. The maximum Gasteiger partial charge on any atom is 0.306 e. The van der Waals surface area contributed by atoms with E-state index in [9.17, 15) is 25.2 Å². The maximum absolute atomic E-state index is 12.8. The van der Waals surface area contributed by atoms with Crippen molar-refractivity contribution in [1.82, 2.24) is 0 Å². The highest BCUT2D eigenvalue weighted by Gasteiger charge is 2.44. The van der Waals surface area contributed by atoms with Gasteiger partial charge in [-0.05, 0) is 44.9 Å². The summed E-state index contributed by atoms with van der Waals surface area (Å²) in [4.78, 5) is 12.8. The van der Waals surface area contributed by atoms with Gasteiger partial charge in [-0.1, -0.05) is 186 Å². The van der Waals surface area contributed by atoms with Crippen molar-refractivity contribution < 1.29 is 44.2 Å². The van der Waals surface area contributed by atoms with Crippen LogP contribution in [0.1, 0.15) is 213 Å². The highest BCUT2D eigenvalue weighted by Crippen LogP contribution is 2.23. The summed E-state index contributed by atoms with van der Waals surface area (Å²) in [6.45, 7) is 4.57. The second kappa shape index (κ2) is 40.1. The molecule has 336 valence electrons. The van der Waals surface area contributed by atoms with Crippen LogP contribution in [0.2, 0.25) is 0 Å². The first-order valence-electron chi connectivity index (χ1n) is 23.9. The van der Waals surface area contributed by atoms with Crippen LogP contribution >= 0.6 is 0 Å². The highest BCUT2D eigenvalue weighted by atomic mass is 16.7. The van der Waals surface area contributed by atoms with Crippen molar-refractivity contribution in [2.45, 2.75) is 250 Å². The fraction of sp³-hybridized carbons (Fsp3) is 0.896. The molecule has 57 heavy (non-hydrogen) atoms. The molecule has 6 unspecified atom stereocenters. The van der Waals surface area contributed by atoms with Crippen molar-refractivity contribution in [3.8, 4) is 0 Å². The molecule has 0 aromatic rings. The molecule has 0 bridgehead atoms. The lowest BCUT2D eigenvalue weighted by molar-refractivity contribution is -0.305. The molecule has 0 radical (unpaired) electrons. The molecule has 0 aromatic heterocycles. The summed E-state index contributed by atoms with van der Waals surface area (Å²) in [6, 6.07) is 0. The number of ether oxygens (including phenoxy) is 4. The monoisotopic (exact) mass is 811 g/mol. The Labute approximate surface area is 349 Å². The molecule has 9 heteroatoms. The molecule has 6 atom stereocenters. The Morgan fingerprint density at radius 3 is 1.53 bits per heavy atom. The van der Waals surface area contributed by atoms with Gasteiger partial charge in [0.25, 0.3) is 0 Å². The smallest absolute Gasteiger partial charge is 0.306 e. The first-order valence-corrected chi connectivity index (χ1v) is 23.9. The van der Waals surface area contributed by atoms with Gasteiger partial charge in [0, 0.05) is 13.0 Å². The fourth-order valence-electron chi connectivity index (χ4n) is 7.35. The van der Waals surface area contributed by atoms with Crippen molar-refractivity contribution in [2.24, 2.45) is 0 Å². The molecular formula is C48H90O9. The third-order valence-electron chi connectivity index (χ3n) is 11.1. The van der Waals surface area contributed by atoms with Crippen LogP contribution in [0.4, 0.5) is 0 Å². The van der Waals surface area contributed by atoms with Crippen LogP contribution in [-0.2, 0) is 23.7 Å². The predicted octanol–water partition coefficient (Wildman–Crippen LogP) is 11.0. The van der Waals surface area contributed by atoms with Gasteiger partial charge in [-0.3, -0.25) is 4.79 Å². The SMILES string of the molecule is CCCCCC/C=C\C/C=C\CCCCCCCCCC(=O)OC(COCCCCCCCCCCCCCCCCCC)COC1OC(CO)C(O)C(O)C1O. The van der Waals surface area contributed by atoms with Crippen LogP contribution in [0, 0.1) is 0 Å². The lowest BCUT2D eigenvalue weighted by Gasteiger charge is -2.39. The summed E-state index contributed by atoms with van der Waals surface area (Å²) in [5, 5.41) is 40.2. The zero-order valence-electron chi connectivity index (χ0n) is 36.9. The number of hydrogen-bond acceptors (Lipinski definition) is 9. The third kappa shape index (κ3) is 31.2. The number of aliphatic hydroxyl groups excluding tert-OH is 4. The molecule has 1 saturated heterocycles. The van der Waals surface area contributed by atoms with E-state index in [-0.39, 0.29) is 19.2 Å². The number of esters is 1. The molecule has 0 aromatic carbocycles. The number of allylic oxidation sites excluding steroid dienone is 4. The van der Waals surface area contributed by atoms with E-state index in [0.717, 1.165) is 44.9 Å². The quantitative estimate of drug-likeness (QED) is 0.0270. The fourth-order valence-corrected chi connectivity index (χ4v) is 7.35. The van der Waals surface area contributed by atoms with E-state index in [1.54, 1.807) is 0 Å². The number of aliphatic hydroxyl groups is 4. The number of rotatable bonds is 41. The lowest BCUT2D eigenvalue weighted by Crippen LogP contribution is -2.59. The molecule has 0 amide bonds. The number of unbranched alkanes of at least 4 members (excludes halogenated alkanes) is 26. The van der Waals surface area contributed by atoms with E-state index in [1.807, 2.05) is 0 Å². The van der Waals surface area contributed by atoms with Gasteiger partial charge >= 0.3 is 5.97 Å². The average molecular weight is 811 g/mol. The van der Waals surface area contributed by atoms with Gasteiger partial charge in [0.15, 0.2) is 6.29 Å². The maximum atomic E-state index is 12.8. The minimum absolute atomic E-state index is 0.113. The van der Waals surface area contributed by atoms with Crippen molar-refractivity contribution in [3.05, 3.63) is 24.3 Å². The Morgan fingerprint density at radius 2 is 1.02 bits per heavy atom. The van der Waals surface area contributed by atoms with Crippen LogP contribution in [0.15, 0.2) is 24.3 Å². The zero-order chi connectivity index (χ0) is 41.4. The van der Waals surface area contributed by atoms with E-state index >= 15 is 0 Å². The van der Waals surface area contributed by atoms with Gasteiger partial charge in [0.1, 0.15) is 30.5 Å². The van der Waals surface area contributed by atoms with Crippen molar-refractivity contribution >= 4 is 5.97 Å². The van der Waals surface area contributed by atoms with Crippen LogP contribution in [0.3, 0.4) is 0 Å². The summed E-state index contributed by atoms with van der Waals surface area (Å²) < 4.78 is 22.9. The van der Waals surface area contributed by atoms with Crippen molar-refractivity contribution in [1.29, 1.82) is 0 Å². The molecule has 1 aliphatic rings. The predicted molar refractivity (Wildman–Crippen MR) is 233 cm³/mol. The first kappa shape index (κ1) is 53.7. The largest absolute Gasteiger partial charge is 0.457 e. The first-order chi connectivity index (χ1) is 27.9. The summed E-state index contributed by atoms with van der Waals surface area (Å²) >= 11 is 0. The molecule has 9 nitrogen and oxygen atoms in total. The minimum atomic E-state index is -1.54. The van der Waals surface area contributed by atoms with Crippen LogP contribution in [-0.4, -0.2) is 89.6 Å². The summed E-state index contributed by atoms with van der Waals surface area (Å²) in [7, 11) is 0. The topological polar surface area (TPSA) is 135 Å². The number of carbonyl (C=O) groups excluding carboxylic acids is 1. The van der Waals surface area contributed by atoms with Gasteiger partial charge in [0.05, 0.1) is 19.8 Å². The standard InChI is InChI=1S/C48H90O9/c1-3-5-7-9-11-13-15-17-19-21-22-23-25-27-29-31-33-35-37-44(50)56-42(41-55-48-47(53)46(52)45(51)43(39-49)57-48)40-54-38-36-34-32-30-28-26-24-20-18-16-14-12-10-8-6-4-2/h13,15,19,21,42-43,45-49,51-53H,3-12,14,16-18,20,22-41H2,1-2H3/b15-13-,21-19-. The highest BCUT2D eigenvalue weighted by molar-refractivity contribution is 5.69. The molecule has 1 fully saturated rings. The molecular weight excluding hydrogens is 721 g/mol. The molecule has 1 heterocycles. The molecule has 0 spiro atoms. The molecule has 0 aliphatic carbocycles. The Balaban J connectivity index is 2.24. The van der Waals surface area contributed by atoms with E-state index in [2.05, 4.69) is 38.2 Å². The van der Waals surface area contributed by atoms with Crippen LogP contribution < -0.4 is 0 Å². The van der Waals surface area contributed by atoms with Gasteiger partial charge in [0.2, 0.25) is 0 Å². The third-order valence-corrected chi connectivity index (χ3v) is 11.1. The zero-order valence-corrected chi connectivity index (χ0v) is 36.9. The van der Waals surface area contributed by atoms with Crippen LogP contribution in [0.25, 0.3) is 0 Å². The summed E-state index contributed by atoms with van der Waals surface area (Å²) in [5.41, 5.74) is 0. The van der Waals surface area contributed by atoms with E-state index in [0.29, 0.717) is 13.0 Å². The summed E-state index contributed by atoms with van der Waals surface area (Å²) in [6.07, 6.45) is 39.1. The summed E-state index contributed by atoms with van der Waals surface area (Å²) in [5.74, 6) is -0.318.